The summed E-state index contributed by atoms with van der Waals surface area (Å²) in [6.07, 6.45) is 4.37. The Labute approximate surface area is 184 Å². The number of imidazole rings is 1. The van der Waals surface area contributed by atoms with Crippen LogP contribution in [0.15, 0.2) is 44.6 Å². The van der Waals surface area contributed by atoms with E-state index in [1.54, 1.807) is 12.1 Å². The maximum atomic E-state index is 11.8. The molecule has 0 aliphatic heterocycles. The maximum absolute atomic E-state index is 11.8. The minimum atomic E-state index is -0.579. The second-order valence-corrected chi connectivity index (χ2v) is 7.66. The minimum Gasteiger partial charge on any atom is -0.336 e. The summed E-state index contributed by atoms with van der Waals surface area (Å²) in [5.41, 5.74) is 2.11. The molecule has 11 nitrogen and oxygen atoms in total. The molecule has 5 rings (SSSR count). The molecule has 0 saturated carbocycles. The normalized spacial score (nSPS) is 11.4. The molecule has 1 aromatic carbocycles. The van der Waals surface area contributed by atoms with E-state index in [9.17, 15) is 9.59 Å². The van der Waals surface area contributed by atoms with Crippen LogP contribution >= 0.6 is 11.6 Å². The van der Waals surface area contributed by atoms with Crippen molar-refractivity contribution in [1.29, 1.82) is 0 Å². The Morgan fingerprint density at radius 1 is 1.00 bits per heavy atom. The first-order chi connectivity index (χ1) is 15.5. The van der Waals surface area contributed by atoms with Crippen LogP contribution in [0.3, 0.4) is 0 Å². The molecule has 5 aromatic rings. The first-order valence-corrected chi connectivity index (χ1v) is 10.2. The van der Waals surface area contributed by atoms with Crippen molar-refractivity contribution in [1.82, 2.24) is 40.3 Å². The second kappa shape index (κ2) is 8.27. The molecule has 0 unspecified atom stereocenters. The van der Waals surface area contributed by atoms with Crippen LogP contribution in [0.1, 0.15) is 29.3 Å². The Kier molecular flexibility index (Phi) is 5.15. The van der Waals surface area contributed by atoms with Crippen molar-refractivity contribution >= 4 is 22.8 Å². The lowest BCUT2D eigenvalue weighted by atomic mass is 10.1. The van der Waals surface area contributed by atoms with Crippen LogP contribution < -0.4 is 11.2 Å². The highest BCUT2D eigenvalue weighted by Gasteiger charge is 2.14. The Morgan fingerprint density at radius 3 is 2.69 bits per heavy atom. The number of H-pyrrole nitrogens is 4. The molecule has 4 N–H and O–H groups in total. The van der Waals surface area contributed by atoms with Gasteiger partial charge < -0.3 is 9.51 Å². The van der Waals surface area contributed by atoms with Gasteiger partial charge in [-0.05, 0) is 42.7 Å². The van der Waals surface area contributed by atoms with Crippen molar-refractivity contribution in [2.45, 2.75) is 25.7 Å². The standard InChI is InChI=1S/C20H17ClN8O3/c21-12-6-4-10(5-7-12)19-25-15(29-32-19)8-13-11(9-22-28-13)2-1-3-14-23-16-17(24-14)26-20(31)27-18(16)30/h4-7,9H,1-3,8H2,(H,22,28)(H3,23,24,26,27,30,31). The van der Waals surface area contributed by atoms with Gasteiger partial charge in [-0.25, -0.2) is 9.78 Å². The van der Waals surface area contributed by atoms with Gasteiger partial charge in [0.1, 0.15) is 11.3 Å². The van der Waals surface area contributed by atoms with E-state index in [4.69, 9.17) is 16.1 Å². The Hall–Kier alpha value is -3.99. The Morgan fingerprint density at radius 2 is 1.84 bits per heavy atom. The predicted octanol–water partition coefficient (Wildman–Crippen LogP) is 2.13. The third-order valence-electron chi connectivity index (χ3n) is 4.99. The first-order valence-electron chi connectivity index (χ1n) is 9.86. The number of nitrogens with zero attached hydrogens (tertiary/aromatic N) is 4. The largest absolute Gasteiger partial charge is 0.336 e. The van der Waals surface area contributed by atoms with Gasteiger partial charge in [-0.3, -0.25) is 19.9 Å². The number of benzene rings is 1. The third kappa shape index (κ3) is 4.10. The Bertz CT molecular complexity index is 1490. The molecular weight excluding hydrogens is 436 g/mol. The lowest BCUT2D eigenvalue weighted by molar-refractivity contribution is 0.423. The first kappa shape index (κ1) is 19.9. The highest BCUT2D eigenvalue weighted by molar-refractivity contribution is 6.30. The molecule has 0 aliphatic rings. The zero-order chi connectivity index (χ0) is 22.1. The van der Waals surface area contributed by atoms with Crippen molar-refractivity contribution in [2.24, 2.45) is 0 Å². The molecule has 0 bridgehead atoms. The van der Waals surface area contributed by atoms with Crippen molar-refractivity contribution < 1.29 is 4.52 Å². The van der Waals surface area contributed by atoms with Crippen molar-refractivity contribution in [3.63, 3.8) is 0 Å². The number of rotatable bonds is 7. The lowest BCUT2D eigenvalue weighted by Crippen LogP contribution is -2.21. The van der Waals surface area contributed by atoms with Crippen molar-refractivity contribution in [3.8, 4) is 11.5 Å². The molecule has 0 aliphatic carbocycles. The van der Waals surface area contributed by atoms with Crippen molar-refractivity contribution in [2.75, 3.05) is 0 Å². The second-order valence-electron chi connectivity index (χ2n) is 7.23. The number of halogens is 1. The predicted molar refractivity (Wildman–Crippen MR) is 115 cm³/mol. The van der Waals surface area contributed by atoms with Crippen LogP contribution in [-0.2, 0) is 19.3 Å². The van der Waals surface area contributed by atoms with Crippen LogP contribution in [0, 0.1) is 0 Å². The Balaban J connectivity index is 1.24. The molecule has 162 valence electrons. The van der Waals surface area contributed by atoms with Gasteiger partial charge in [-0.15, -0.1) is 0 Å². The van der Waals surface area contributed by atoms with Gasteiger partial charge in [-0.1, -0.05) is 16.8 Å². The fraction of sp³-hybridized carbons (Fsp3) is 0.200. The highest BCUT2D eigenvalue weighted by atomic mass is 35.5. The van der Waals surface area contributed by atoms with Gasteiger partial charge in [0.25, 0.3) is 11.4 Å². The summed E-state index contributed by atoms with van der Waals surface area (Å²) in [4.78, 5) is 39.6. The quantitative estimate of drug-likeness (QED) is 0.294. The van der Waals surface area contributed by atoms with E-state index in [0.717, 1.165) is 29.7 Å². The number of hydrogen-bond acceptors (Lipinski definition) is 7. The van der Waals surface area contributed by atoms with Gasteiger partial charge in [0.2, 0.25) is 0 Å². The SMILES string of the molecule is O=c1[nH]c(=O)c2[nH]c(CCCc3c[nH]nc3Cc3noc(-c4ccc(Cl)cc4)n3)nc2[nH]1. The number of hydrogen-bond donors (Lipinski definition) is 4. The van der Waals surface area contributed by atoms with E-state index in [1.165, 1.54) is 0 Å². The number of aryl methyl sites for hydroxylation is 2. The smallest absolute Gasteiger partial charge is 0.327 e. The fourth-order valence-corrected chi connectivity index (χ4v) is 3.57. The van der Waals surface area contributed by atoms with Crippen molar-refractivity contribution in [3.05, 3.63) is 79.2 Å². The molecule has 0 saturated heterocycles. The number of aromatic nitrogens is 8. The zero-order valence-electron chi connectivity index (χ0n) is 16.6. The topological polar surface area (TPSA) is 162 Å². The molecule has 12 heteroatoms. The molecule has 0 fully saturated rings. The molecule has 32 heavy (non-hydrogen) atoms. The van der Waals surface area contributed by atoms with E-state index in [1.807, 2.05) is 18.3 Å². The summed E-state index contributed by atoms with van der Waals surface area (Å²) >= 11 is 5.92. The summed E-state index contributed by atoms with van der Waals surface area (Å²) < 4.78 is 5.36. The number of fused-ring (bicyclic) bond motifs is 1. The average Bonchev–Trinajstić information content (AvgIpc) is 3.50. The summed E-state index contributed by atoms with van der Waals surface area (Å²) in [7, 11) is 0. The average molecular weight is 453 g/mol. The van der Waals surface area contributed by atoms with Gasteiger partial charge in [-0.2, -0.15) is 10.1 Å². The van der Waals surface area contributed by atoms with E-state index in [0.29, 0.717) is 35.4 Å². The van der Waals surface area contributed by atoms with Crippen LogP contribution in [0.4, 0.5) is 0 Å². The maximum Gasteiger partial charge on any atom is 0.327 e. The number of aromatic amines is 4. The van der Waals surface area contributed by atoms with E-state index in [-0.39, 0.29) is 11.2 Å². The van der Waals surface area contributed by atoms with E-state index in [2.05, 4.69) is 40.3 Å². The highest BCUT2D eigenvalue weighted by Crippen LogP contribution is 2.21. The van der Waals surface area contributed by atoms with Crippen LogP contribution in [0.2, 0.25) is 5.02 Å². The minimum absolute atomic E-state index is 0.256. The molecule has 0 atom stereocenters. The molecule has 0 radical (unpaired) electrons. The summed E-state index contributed by atoms with van der Waals surface area (Å²) in [6, 6.07) is 7.17. The fourth-order valence-electron chi connectivity index (χ4n) is 3.44. The third-order valence-corrected chi connectivity index (χ3v) is 5.24. The molecule has 4 heterocycles. The van der Waals surface area contributed by atoms with Gasteiger partial charge >= 0.3 is 5.69 Å². The molecular formula is C20H17ClN8O3. The van der Waals surface area contributed by atoms with Crippen LogP contribution in [-0.4, -0.2) is 40.3 Å². The monoisotopic (exact) mass is 452 g/mol. The molecule has 0 spiro atoms. The summed E-state index contributed by atoms with van der Waals surface area (Å²) in [5, 5.41) is 11.9. The van der Waals surface area contributed by atoms with Gasteiger partial charge in [0, 0.05) is 23.2 Å². The van der Waals surface area contributed by atoms with E-state index >= 15 is 0 Å². The van der Waals surface area contributed by atoms with Gasteiger partial charge in [0.15, 0.2) is 11.5 Å². The van der Waals surface area contributed by atoms with Crippen LogP contribution in [0.25, 0.3) is 22.6 Å². The summed E-state index contributed by atoms with van der Waals surface area (Å²) in [5.74, 6) is 1.58. The zero-order valence-corrected chi connectivity index (χ0v) is 17.4. The van der Waals surface area contributed by atoms with E-state index < -0.39 is 11.2 Å². The summed E-state index contributed by atoms with van der Waals surface area (Å²) in [6.45, 7) is 0. The molecule has 0 amide bonds. The molecule has 4 aromatic heterocycles. The lowest BCUT2D eigenvalue weighted by Gasteiger charge is -2.00. The number of nitrogens with one attached hydrogen (secondary N) is 4. The van der Waals surface area contributed by atoms with Crippen LogP contribution in [0.5, 0.6) is 0 Å². The van der Waals surface area contributed by atoms with Gasteiger partial charge in [0.05, 0.1) is 12.1 Å².